The van der Waals surface area contributed by atoms with Gasteiger partial charge >= 0.3 is 12.0 Å². The van der Waals surface area contributed by atoms with Crippen LogP contribution in [-0.2, 0) is 24.4 Å². The maximum absolute atomic E-state index is 11.5. The van der Waals surface area contributed by atoms with Gasteiger partial charge in [0.15, 0.2) is 0 Å². The number of carbonyl (C=O) groups excluding carboxylic acids is 1. The van der Waals surface area contributed by atoms with Crippen molar-refractivity contribution in [3.05, 3.63) is 24.3 Å². The van der Waals surface area contributed by atoms with Crippen LogP contribution in [0.25, 0.3) is 0 Å². The molecule has 2 heterocycles. The molecule has 11 nitrogen and oxygen atoms in total. The largest absolute Gasteiger partial charge is 0.480 e. The molecule has 0 bridgehead atoms. The second-order valence-corrected chi connectivity index (χ2v) is 4.08. The second kappa shape index (κ2) is 6.98. The van der Waals surface area contributed by atoms with Gasteiger partial charge < -0.3 is 15.7 Å². The van der Waals surface area contributed by atoms with Gasteiger partial charge in [-0.25, -0.2) is 9.48 Å². The lowest BCUT2D eigenvalue weighted by Crippen LogP contribution is -2.36. The zero-order valence-corrected chi connectivity index (χ0v) is 11.0. The summed E-state index contributed by atoms with van der Waals surface area (Å²) in [6.45, 7) is 0.814. The topological polar surface area (TPSA) is 140 Å². The number of hydrogen-bond acceptors (Lipinski definition) is 6. The predicted octanol–water partition coefficient (Wildman–Crippen LogP) is -1.55. The monoisotopic (exact) mass is 294 g/mol. The van der Waals surface area contributed by atoms with Gasteiger partial charge in [0.05, 0.1) is 25.5 Å². The number of nitrogens with zero attached hydrogens (tertiary/aromatic N) is 6. The standard InChI is InChI=1S/C10H14N8O3/c19-9(20)7-18-6-8(14-16-18)5-12-10(21)11-1-3-17-4-2-13-15-17/h2,4,6H,1,3,5,7H2,(H,19,20)(H2,11,12,21). The highest BCUT2D eigenvalue weighted by Gasteiger charge is 2.06. The summed E-state index contributed by atoms with van der Waals surface area (Å²) in [5, 5.41) is 28.6. The van der Waals surface area contributed by atoms with Crippen molar-refractivity contribution in [3.8, 4) is 0 Å². The number of carboxylic acid groups (broad SMARTS) is 1. The fraction of sp³-hybridized carbons (Fsp3) is 0.400. The van der Waals surface area contributed by atoms with E-state index in [1.807, 2.05) is 0 Å². The summed E-state index contributed by atoms with van der Waals surface area (Å²) in [4.78, 5) is 22.0. The number of rotatable bonds is 7. The molecule has 2 aromatic rings. The first-order valence-corrected chi connectivity index (χ1v) is 6.10. The van der Waals surface area contributed by atoms with Crippen LogP contribution in [0.1, 0.15) is 5.69 Å². The van der Waals surface area contributed by atoms with E-state index in [0.29, 0.717) is 18.8 Å². The maximum atomic E-state index is 11.5. The normalized spacial score (nSPS) is 10.3. The van der Waals surface area contributed by atoms with Gasteiger partial charge in [-0.05, 0) is 0 Å². The van der Waals surface area contributed by atoms with Gasteiger partial charge in [0.1, 0.15) is 12.2 Å². The number of aromatic nitrogens is 6. The smallest absolute Gasteiger partial charge is 0.325 e. The lowest BCUT2D eigenvalue weighted by atomic mass is 10.4. The van der Waals surface area contributed by atoms with Crippen LogP contribution in [0.3, 0.4) is 0 Å². The number of carboxylic acids is 1. The number of hydrogen-bond donors (Lipinski definition) is 3. The Kier molecular flexibility index (Phi) is 4.79. The molecular weight excluding hydrogens is 280 g/mol. The highest BCUT2D eigenvalue weighted by atomic mass is 16.4. The Balaban J connectivity index is 1.66. The zero-order chi connectivity index (χ0) is 15.1. The molecule has 0 radical (unpaired) electrons. The first kappa shape index (κ1) is 14.4. The van der Waals surface area contributed by atoms with Gasteiger partial charge in [-0.3, -0.25) is 9.48 Å². The molecule has 0 aliphatic heterocycles. The summed E-state index contributed by atoms with van der Waals surface area (Å²) in [5.41, 5.74) is 0.475. The van der Waals surface area contributed by atoms with Crippen molar-refractivity contribution in [2.24, 2.45) is 0 Å². The molecule has 0 saturated heterocycles. The molecule has 0 aliphatic carbocycles. The summed E-state index contributed by atoms with van der Waals surface area (Å²) in [6, 6.07) is -0.358. The van der Waals surface area contributed by atoms with Crippen LogP contribution in [0.2, 0.25) is 0 Å². The summed E-state index contributed by atoms with van der Waals surface area (Å²) in [6.07, 6.45) is 4.71. The van der Waals surface area contributed by atoms with E-state index in [9.17, 15) is 9.59 Å². The van der Waals surface area contributed by atoms with Crippen LogP contribution in [0, 0.1) is 0 Å². The van der Waals surface area contributed by atoms with E-state index in [-0.39, 0.29) is 19.1 Å². The third kappa shape index (κ3) is 4.89. The predicted molar refractivity (Wildman–Crippen MR) is 67.9 cm³/mol. The van der Waals surface area contributed by atoms with Crippen molar-refractivity contribution in [2.45, 2.75) is 19.6 Å². The number of carbonyl (C=O) groups is 2. The lowest BCUT2D eigenvalue weighted by molar-refractivity contribution is -0.137. The molecule has 0 aromatic carbocycles. The average Bonchev–Trinajstić information content (AvgIpc) is 3.07. The molecule has 11 heteroatoms. The molecule has 0 spiro atoms. The van der Waals surface area contributed by atoms with Crippen molar-refractivity contribution < 1.29 is 14.7 Å². The molecule has 21 heavy (non-hydrogen) atoms. The highest BCUT2D eigenvalue weighted by molar-refractivity contribution is 5.73. The molecular formula is C10H14N8O3. The fourth-order valence-electron chi connectivity index (χ4n) is 1.50. The minimum atomic E-state index is -1.01. The minimum absolute atomic E-state index is 0.161. The van der Waals surface area contributed by atoms with Gasteiger partial charge in [-0.2, -0.15) is 0 Å². The van der Waals surface area contributed by atoms with Gasteiger partial charge in [0.25, 0.3) is 0 Å². The fourth-order valence-corrected chi connectivity index (χ4v) is 1.50. The quantitative estimate of drug-likeness (QED) is 0.561. The summed E-state index contributed by atoms with van der Waals surface area (Å²) < 4.78 is 2.78. The third-order valence-corrected chi connectivity index (χ3v) is 2.41. The van der Waals surface area contributed by atoms with Crippen molar-refractivity contribution >= 4 is 12.0 Å². The van der Waals surface area contributed by atoms with E-state index in [4.69, 9.17) is 5.11 Å². The Labute approximate surface area is 118 Å². The van der Waals surface area contributed by atoms with Gasteiger partial charge in [-0.15, -0.1) is 10.2 Å². The summed E-state index contributed by atoms with van der Waals surface area (Å²) in [7, 11) is 0. The van der Waals surface area contributed by atoms with Crippen molar-refractivity contribution in [2.75, 3.05) is 6.54 Å². The molecule has 0 fully saturated rings. The third-order valence-electron chi connectivity index (χ3n) is 2.41. The first-order valence-electron chi connectivity index (χ1n) is 6.10. The Morgan fingerprint density at radius 2 is 2.10 bits per heavy atom. The van der Waals surface area contributed by atoms with Crippen LogP contribution in [-0.4, -0.2) is 53.6 Å². The molecule has 2 aromatic heterocycles. The average molecular weight is 294 g/mol. The van der Waals surface area contributed by atoms with Crippen LogP contribution in [0.5, 0.6) is 0 Å². The van der Waals surface area contributed by atoms with Crippen LogP contribution >= 0.6 is 0 Å². The molecule has 0 atom stereocenters. The number of nitrogens with one attached hydrogen (secondary N) is 2. The molecule has 2 rings (SSSR count). The molecule has 2 amide bonds. The SMILES string of the molecule is O=C(O)Cn1cc(CNC(=O)NCCn2ccnn2)nn1. The van der Waals surface area contributed by atoms with E-state index in [1.165, 1.54) is 10.9 Å². The Hall–Kier alpha value is -2.98. The van der Waals surface area contributed by atoms with Gasteiger partial charge in [0.2, 0.25) is 0 Å². The molecule has 112 valence electrons. The number of amides is 2. The van der Waals surface area contributed by atoms with E-state index in [2.05, 4.69) is 31.3 Å². The van der Waals surface area contributed by atoms with Crippen LogP contribution < -0.4 is 10.6 Å². The highest BCUT2D eigenvalue weighted by Crippen LogP contribution is 1.92. The molecule has 0 aliphatic rings. The second-order valence-electron chi connectivity index (χ2n) is 4.08. The van der Waals surface area contributed by atoms with Gasteiger partial charge in [-0.1, -0.05) is 10.4 Å². The van der Waals surface area contributed by atoms with Crippen LogP contribution in [0.15, 0.2) is 18.6 Å². The lowest BCUT2D eigenvalue weighted by Gasteiger charge is -2.05. The number of urea groups is 1. The van der Waals surface area contributed by atoms with Crippen LogP contribution in [0.4, 0.5) is 4.79 Å². The minimum Gasteiger partial charge on any atom is -0.480 e. The molecule has 0 unspecified atom stereocenters. The Bertz CT molecular complexity index is 593. The maximum Gasteiger partial charge on any atom is 0.325 e. The Morgan fingerprint density at radius 1 is 1.24 bits per heavy atom. The van der Waals surface area contributed by atoms with E-state index < -0.39 is 5.97 Å². The Morgan fingerprint density at radius 3 is 2.81 bits per heavy atom. The molecule has 3 N–H and O–H groups in total. The van der Waals surface area contributed by atoms with Gasteiger partial charge in [0, 0.05) is 12.7 Å². The molecule has 0 saturated carbocycles. The van der Waals surface area contributed by atoms with Crippen molar-refractivity contribution in [3.63, 3.8) is 0 Å². The van der Waals surface area contributed by atoms with Crippen molar-refractivity contribution in [1.29, 1.82) is 0 Å². The number of aliphatic carboxylic acids is 1. The zero-order valence-electron chi connectivity index (χ0n) is 11.0. The van der Waals surface area contributed by atoms with E-state index in [0.717, 1.165) is 0 Å². The first-order chi connectivity index (χ1) is 10.1. The summed E-state index contributed by atoms with van der Waals surface area (Å²) in [5.74, 6) is -1.01. The van der Waals surface area contributed by atoms with Crippen molar-refractivity contribution in [1.82, 2.24) is 40.6 Å². The van der Waals surface area contributed by atoms with E-state index >= 15 is 0 Å². The summed E-state index contributed by atoms with van der Waals surface area (Å²) >= 11 is 0. The van der Waals surface area contributed by atoms with E-state index in [1.54, 1.807) is 17.1 Å².